The second-order valence-electron chi connectivity index (χ2n) is 4.33. The molecule has 1 heterocycles. The van der Waals surface area contributed by atoms with Crippen molar-refractivity contribution in [3.05, 3.63) is 28.8 Å². The third-order valence-electron chi connectivity index (χ3n) is 3.03. The fourth-order valence-electron chi connectivity index (χ4n) is 2.03. The molecule has 0 spiro atoms. The van der Waals surface area contributed by atoms with Crippen molar-refractivity contribution in [3.8, 4) is 6.07 Å². The lowest BCUT2D eigenvalue weighted by molar-refractivity contribution is -0.120. The van der Waals surface area contributed by atoms with Gasteiger partial charge in [-0.15, -0.1) is 0 Å². The lowest BCUT2D eigenvalue weighted by Crippen LogP contribution is -2.37. The van der Waals surface area contributed by atoms with Crippen LogP contribution in [0.4, 0.5) is 5.69 Å². The largest absolute Gasteiger partial charge is 0.325 e. The Morgan fingerprint density at radius 3 is 3.06 bits per heavy atom. The van der Waals surface area contributed by atoms with E-state index in [1.165, 1.54) is 0 Å². The monoisotopic (exact) mass is 263 g/mol. The minimum absolute atomic E-state index is 0.0377. The third-order valence-corrected chi connectivity index (χ3v) is 3.26. The Morgan fingerprint density at radius 1 is 1.56 bits per heavy atom. The van der Waals surface area contributed by atoms with Crippen LogP contribution in [0, 0.1) is 17.2 Å². The predicted octanol–water partition coefficient (Wildman–Crippen LogP) is 2.15. The number of benzene rings is 1. The van der Waals surface area contributed by atoms with Crippen molar-refractivity contribution < 1.29 is 4.79 Å². The average Bonchev–Trinajstić information content (AvgIpc) is 2.40. The van der Waals surface area contributed by atoms with Gasteiger partial charge in [0.25, 0.3) is 0 Å². The number of carbonyl (C=O) groups excluding carboxylic acids is 1. The van der Waals surface area contributed by atoms with E-state index in [-0.39, 0.29) is 11.8 Å². The summed E-state index contributed by atoms with van der Waals surface area (Å²) in [6.07, 6.45) is 1.88. The van der Waals surface area contributed by atoms with Crippen LogP contribution >= 0.6 is 11.6 Å². The summed E-state index contributed by atoms with van der Waals surface area (Å²) >= 11 is 5.87. The first-order chi connectivity index (χ1) is 8.70. The number of rotatable bonds is 2. The van der Waals surface area contributed by atoms with Crippen LogP contribution in [0.3, 0.4) is 0 Å². The van der Waals surface area contributed by atoms with Gasteiger partial charge in [0.1, 0.15) is 6.07 Å². The van der Waals surface area contributed by atoms with E-state index in [1.54, 1.807) is 18.2 Å². The maximum atomic E-state index is 12.0. The van der Waals surface area contributed by atoms with Gasteiger partial charge in [-0.3, -0.25) is 4.79 Å². The molecule has 1 aliphatic rings. The highest BCUT2D eigenvalue weighted by molar-refractivity contribution is 6.31. The Balaban J connectivity index is 2.11. The second kappa shape index (κ2) is 5.85. The fraction of sp³-hybridized carbons (Fsp3) is 0.385. The molecule has 0 aromatic heterocycles. The number of nitrogens with zero attached hydrogens (tertiary/aromatic N) is 1. The molecule has 5 heteroatoms. The van der Waals surface area contributed by atoms with Gasteiger partial charge in [0.2, 0.25) is 5.91 Å². The average molecular weight is 264 g/mol. The number of nitriles is 1. The van der Waals surface area contributed by atoms with Crippen molar-refractivity contribution in [2.75, 3.05) is 18.4 Å². The summed E-state index contributed by atoms with van der Waals surface area (Å²) in [5.41, 5.74) is 0.914. The lowest BCUT2D eigenvalue weighted by atomic mass is 9.98. The van der Waals surface area contributed by atoms with Crippen molar-refractivity contribution in [1.82, 2.24) is 5.32 Å². The van der Waals surface area contributed by atoms with E-state index in [0.717, 1.165) is 19.4 Å². The molecule has 4 nitrogen and oxygen atoms in total. The van der Waals surface area contributed by atoms with Gasteiger partial charge in [0.05, 0.1) is 17.2 Å². The zero-order valence-corrected chi connectivity index (χ0v) is 10.6. The second-order valence-corrected chi connectivity index (χ2v) is 4.77. The Bertz CT molecular complexity index is 489. The molecule has 1 unspecified atom stereocenters. The number of amides is 1. The van der Waals surface area contributed by atoms with E-state index in [1.807, 2.05) is 6.07 Å². The molecule has 0 aliphatic carbocycles. The van der Waals surface area contributed by atoms with Crippen molar-refractivity contribution in [1.29, 1.82) is 5.26 Å². The molecule has 1 aliphatic heterocycles. The van der Waals surface area contributed by atoms with Crippen LogP contribution in [0.1, 0.15) is 18.4 Å². The van der Waals surface area contributed by atoms with E-state index in [2.05, 4.69) is 10.6 Å². The van der Waals surface area contributed by atoms with E-state index >= 15 is 0 Å². The van der Waals surface area contributed by atoms with Crippen LogP contribution in [0.15, 0.2) is 18.2 Å². The summed E-state index contributed by atoms with van der Waals surface area (Å²) in [7, 11) is 0. The smallest absolute Gasteiger partial charge is 0.228 e. The predicted molar refractivity (Wildman–Crippen MR) is 70.4 cm³/mol. The maximum Gasteiger partial charge on any atom is 0.228 e. The zero-order valence-electron chi connectivity index (χ0n) is 9.87. The molecule has 1 atom stereocenters. The van der Waals surface area contributed by atoms with Gasteiger partial charge in [-0.05, 0) is 37.6 Å². The van der Waals surface area contributed by atoms with Gasteiger partial charge < -0.3 is 10.6 Å². The maximum absolute atomic E-state index is 12.0. The number of halogens is 1. The van der Waals surface area contributed by atoms with Gasteiger partial charge >= 0.3 is 0 Å². The molecule has 0 saturated carbocycles. The van der Waals surface area contributed by atoms with Crippen LogP contribution < -0.4 is 10.6 Å². The van der Waals surface area contributed by atoms with Gasteiger partial charge in [-0.2, -0.15) is 5.26 Å². The molecule has 18 heavy (non-hydrogen) atoms. The molecule has 0 radical (unpaired) electrons. The Hall–Kier alpha value is -1.57. The van der Waals surface area contributed by atoms with Crippen LogP contribution in [0.2, 0.25) is 5.02 Å². The number of piperidine rings is 1. The summed E-state index contributed by atoms with van der Waals surface area (Å²) in [5.74, 6) is -0.0924. The quantitative estimate of drug-likeness (QED) is 0.859. The van der Waals surface area contributed by atoms with Crippen molar-refractivity contribution >= 4 is 23.2 Å². The van der Waals surface area contributed by atoms with Crippen molar-refractivity contribution in [2.45, 2.75) is 12.8 Å². The van der Waals surface area contributed by atoms with Crippen LogP contribution in [0.25, 0.3) is 0 Å². The molecule has 1 aromatic carbocycles. The van der Waals surface area contributed by atoms with E-state index in [0.29, 0.717) is 22.8 Å². The summed E-state index contributed by atoms with van der Waals surface area (Å²) in [6, 6.07) is 6.89. The molecule has 1 saturated heterocycles. The first-order valence-electron chi connectivity index (χ1n) is 5.92. The van der Waals surface area contributed by atoms with E-state index in [4.69, 9.17) is 16.9 Å². The highest BCUT2D eigenvalue weighted by Gasteiger charge is 2.21. The van der Waals surface area contributed by atoms with Crippen LogP contribution in [0.5, 0.6) is 0 Å². The Kier molecular flexibility index (Phi) is 4.19. The number of hydrogen-bond acceptors (Lipinski definition) is 3. The first kappa shape index (κ1) is 12.9. The Labute approximate surface area is 111 Å². The molecule has 1 fully saturated rings. The van der Waals surface area contributed by atoms with Crippen molar-refractivity contribution in [2.24, 2.45) is 5.92 Å². The first-order valence-corrected chi connectivity index (χ1v) is 6.29. The van der Waals surface area contributed by atoms with Gasteiger partial charge in [-0.1, -0.05) is 11.6 Å². The molecule has 0 bridgehead atoms. The molecule has 94 valence electrons. The van der Waals surface area contributed by atoms with E-state index in [9.17, 15) is 4.79 Å². The number of carbonyl (C=O) groups is 1. The minimum atomic E-state index is -0.0547. The summed E-state index contributed by atoms with van der Waals surface area (Å²) in [5, 5.41) is 15.5. The number of nitrogens with one attached hydrogen (secondary N) is 2. The number of anilines is 1. The number of hydrogen-bond donors (Lipinski definition) is 2. The molecule has 2 N–H and O–H groups in total. The van der Waals surface area contributed by atoms with Gasteiger partial charge in [-0.25, -0.2) is 0 Å². The topological polar surface area (TPSA) is 64.9 Å². The lowest BCUT2D eigenvalue weighted by Gasteiger charge is -2.22. The fourth-order valence-corrected chi connectivity index (χ4v) is 2.20. The Morgan fingerprint density at radius 2 is 2.39 bits per heavy atom. The van der Waals surface area contributed by atoms with Gasteiger partial charge in [0.15, 0.2) is 0 Å². The molecule has 1 amide bonds. The molecular weight excluding hydrogens is 250 g/mol. The summed E-state index contributed by atoms with van der Waals surface area (Å²) in [4.78, 5) is 12.0. The molecule has 1 aromatic rings. The highest BCUT2D eigenvalue weighted by atomic mass is 35.5. The van der Waals surface area contributed by atoms with Gasteiger partial charge in [0, 0.05) is 11.6 Å². The third kappa shape index (κ3) is 3.00. The molecule has 2 rings (SSSR count). The van der Waals surface area contributed by atoms with Crippen LogP contribution in [-0.4, -0.2) is 19.0 Å². The zero-order chi connectivity index (χ0) is 13.0. The normalized spacial score (nSPS) is 19.0. The van der Waals surface area contributed by atoms with E-state index < -0.39 is 0 Å². The standard InChI is InChI=1S/C13H14ClN3O/c14-11-4-3-9(7-15)12(6-11)17-13(18)10-2-1-5-16-8-10/h3-4,6,10,16H,1-2,5,8H2,(H,17,18). The SMILES string of the molecule is N#Cc1ccc(Cl)cc1NC(=O)C1CCCNC1. The van der Waals surface area contributed by atoms with Crippen LogP contribution in [-0.2, 0) is 4.79 Å². The highest BCUT2D eigenvalue weighted by Crippen LogP contribution is 2.22. The minimum Gasteiger partial charge on any atom is -0.325 e. The summed E-state index contributed by atoms with van der Waals surface area (Å²) < 4.78 is 0. The summed E-state index contributed by atoms with van der Waals surface area (Å²) in [6.45, 7) is 1.65. The van der Waals surface area contributed by atoms with Crippen molar-refractivity contribution in [3.63, 3.8) is 0 Å². The molecular formula is C13H14ClN3O.